The number of nitrogens with one attached hydrogen (secondary N) is 1. The Morgan fingerprint density at radius 2 is 2.21 bits per heavy atom. The Kier molecular flexibility index (Phi) is 5.48. The van der Waals surface area contributed by atoms with Gasteiger partial charge in [0, 0.05) is 12.1 Å². The summed E-state index contributed by atoms with van der Waals surface area (Å²) in [4.78, 5) is 0. The summed E-state index contributed by atoms with van der Waals surface area (Å²) in [7, 11) is 0. The molecule has 2 aromatic heterocycles. The van der Waals surface area contributed by atoms with Crippen LogP contribution in [0.25, 0.3) is 0 Å². The SMILES string of the molecule is CCNC(c1cc(Br)sc1Br)c1c(Cl)cnn1CC. The molecule has 3 nitrogen and oxygen atoms in total. The van der Waals surface area contributed by atoms with Crippen LogP contribution in [-0.4, -0.2) is 16.3 Å². The molecule has 0 saturated carbocycles. The van der Waals surface area contributed by atoms with E-state index in [1.807, 2.05) is 4.68 Å². The molecule has 0 saturated heterocycles. The smallest absolute Gasteiger partial charge is 0.0837 e. The average Bonchev–Trinajstić information content (AvgIpc) is 2.89. The van der Waals surface area contributed by atoms with Crippen LogP contribution < -0.4 is 5.32 Å². The number of rotatable bonds is 5. The zero-order valence-corrected chi connectivity index (χ0v) is 15.3. The molecule has 1 atom stereocenters. The molecule has 7 heteroatoms. The summed E-state index contributed by atoms with van der Waals surface area (Å²) >= 11 is 15.1. The van der Waals surface area contributed by atoms with Crippen LogP contribution in [0.3, 0.4) is 0 Å². The van der Waals surface area contributed by atoms with Gasteiger partial charge in [-0.05, 0) is 51.4 Å². The van der Waals surface area contributed by atoms with Crippen LogP contribution in [-0.2, 0) is 6.54 Å². The lowest BCUT2D eigenvalue weighted by Gasteiger charge is -2.19. The maximum absolute atomic E-state index is 6.32. The Morgan fingerprint density at radius 1 is 1.47 bits per heavy atom. The van der Waals surface area contributed by atoms with Crippen LogP contribution in [0.1, 0.15) is 31.1 Å². The second-order valence-corrected chi connectivity index (χ2v) is 8.12. The first kappa shape index (κ1) is 15.5. The fraction of sp³-hybridized carbons (Fsp3) is 0.417. The van der Waals surface area contributed by atoms with Gasteiger partial charge in [-0.1, -0.05) is 18.5 Å². The second-order valence-electron chi connectivity index (χ2n) is 3.96. The molecule has 2 rings (SSSR count). The number of hydrogen-bond acceptors (Lipinski definition) is 3. The molecule has 0 aliphatic carbocycles. The van der Waals surface area contributed by atoms with E-state index in [1.54, 1.807) is 17.5 Å². The standard InChI is InChI=1S/C12H14Br2ClN3S/c1-3-16-10(7-5-9(13)19-12(7)14)11-8(15)6-17-18(11)4-2/h5-6,10,16H,3-4H2,1-2H3. The van der Waals surface area contributed by atoms with E-state index in [4.69, 9.17) is 11.6 Å². The molecule has 0 spiro atoms. The molecule has 2 heterocycles. The van der Waals surface area contributed by atoms with Gasteiger partial charge in [0.05, 0.1) is 30.5 Å². The van der Waals surface area contributed by atoms with Crippen molar-refractivity contribution in [1.82, 2.24) is 15.1 Å². The average molecular weight is 428 g/mol. The molecule has 0 aliphatic rings. The van der Waals surface area contributed by atoms with E-state index in [2.05, 4.69) is 62.2 Å². The van der Waals surface area contributed by atoms with E-state index in [0.29, 0.717) is 5.02 Å². The van der Waals surface area contributed by atoms with Gasteiger partial charge < -0.3 is 5.32 Å². The van der Waals surface area contributed by atoms with Crippen LogP contribution in [0, 0.1) is 0 Å². The quantitative estimate of drug-likeness (QED) is 0.740. The van der Waals surface area contributed by atoms with Crippen LogP contribution in [0.2, 0.25) is 5.02 Å². The van der Waals surface area contributed by atoms with E-state index in [9.17, 15) is 0 Å². The first-order valence-electron chi connectivity index (χ1n) is 5.97. The van der Waals surface area contributed by atoms with Crippen molar-refractivity contribution in [3.63, 3.8) is 0 Å². The molecule has 0 bridgehead atoms. The third-order valence-corrected chi connectivity index (χ3v) is 5.49. The topological polar surface area (TPSA) is 29.9 Å². The van der Waals surface area contributed by atoms with Crippen molar-refractivity contribution in [3.05, 3.63) is 36.1 Å². The lowest BCUT2D eigenvalue weighted by molar-refractivity contribution is 0.542. The number of halogens is 3. The van der Waals surface area contributed by atoms with Gasteiger partial charge in [0.15, 0.2) is 0 Å². The fourth-order valence-electron chi connectivity index (χ4n) is 2.02. The zero-order valence-electron chi connectivity index (χ0n) is 10.6. The highest BCUT2D eigenvalue weighted by Gasteiger charge is 2.24. The summed E-state index contributed by atoms with van der Waals surface area (Å²) in [5.41, 5.74) is 2.19. The first-order chi connectivity index (χ1) is 9.08. The number of aryl methyl sites for hydroxylation is 1. The molecule has 0 radical (unpaired) electrons. The summed E-state index contributed by atoms with van der Waals surface area (Å²) in [6.07, 6.45) is 1.71. The van der Waals surface area contributed by atoms with Gasteiger partial charge in [0.1, 0.15) is 0 Å². The first-order valence-corrected chi connectivity index (χ1v) is 8.75. The minimum atomic E-state index is 0.0388. The van der Waals surface area contributed by atoms with Crippen LogP contribution in [0.15, 0.2) is 19.8 Å². The molecule has 2 aromatic rings. The minimum absolute atomic E-state index is 0.0388. The van der Waals surface area contributed by atoms with Crippen molar-refractivity contribution in [2.75, 3.05) is 6.54 Å². The van der Waals surface area contributed by atoms with E-state index in [-0.39, 0.29) is 6.04 Å². The highest BCUT2D eigenvalue weighted by atomic mass is 79.9. The van der Waals surface area contributed by atoms with Crippen molar-refractivity contribution in [2.24, 2.45) is 0 Å². The molecular formula is C12H14Br2ClN3S. The Hall–Kier alpha value is 0.120. The van der Waals surface area contributed by atoms with Crippen molar-refractivity contribution in [2.45, 2.75) is 26.4 Å². The van der Waals surface area contributed by atoms with E-state index < -0.39 is 0 Å². The summed E-state index contributed by atoms with van der Waals surface area (Å²) in [6, 6.07) is 2.16. The number of thiophene rings is 1. The van der Waals surface area contributed by atoms with Crippen molar-refractivity contribution >= 4 is 54.8 Å². The van der Waals surface area contributed by atoms with Gasteiger partial charge in [-0.15, -0.1) is 11.3 Å². The predicted molar refractivity (Wildman–Crippen MR) is 88.1 cm³/mol. The van der Waals surface area contributed by atoms with E-state index in [0.717, 1.165) is 26.4 Å². The lowest BCUT2D eigenvalue weighted by atomic mass is 10.1. The minimum Gasteiger partial charge on any atom is -0.305 e. The molecular weight excluding hydrogens is 413 g/mol. The zero-order chi connectivity index (χ0) is 14.0. The highest BCUT2D eigenvalue weighted by Crippen LogP contribution is 2.39. The second kappa shape index (κ2) is 6.72. The summed E-state index contributed by atoms with van der Waals surface area (Å²) in [5, 5.41) is 8.50. The summed E-state index contributed by atoms with van der Waals surface area (Å²) < 4.78 is 4.13. The van der Waals surface area contributed by atoms with E-state index in [1.165, 1.54) is 5.56 Å². The van der Waals surface area contributed by atoms with Crippen LogP contribution >= 0.6 is 54.8 Å². The van der Waals surface area contributed by atoms with Gasteiger partial charge in [0.25, 0.3) is 0 Å². The molecule has 1 unspecified atom stereocenters. The highest BCUT2D eigenvalue weighted by molar-refractivity contribution is 9.12. The molecule has 0 aromatic carbocycles. The van der Waals surface area contributed by atoms with Crippen molar-refractivity contribution in [3.8, 4) is 0 Å². The molecule has 0 fully saturated rings. The fourth-order valence-corrected chi connectivity index (χ4v) is 5.17. The number of aromatic nitrogens is 2. The van der Waals surface area contributed by atoms with E-state index >= 15 is 0 Å². The maximum atomic E-state index is 6.32. The van der Waals surface area contributed by atoms with Gasteiger partial charge in [-0.2, -0.15) is 5.10 Å². The Labute approximate surface area is 138 Å². The normalized spacial score (nSPS) is 12.9. The van der Waals surface area contributed by atoms with Crippen molar-refractivity contribution < 1.29 is 0 Å². The third kappa shape index (κ3) is 3.24. The Bertz CT molecular complexity index is 567. The summed E-state index contributed by atoms with van der Waals surface area (Å²) in [5.74, 6) is 0. The number of nitrogens with zero attached hydrogens (tertiary/aromatic N) is 2. The molecule has 0 amide bonds. The van der Waals surface area contributed by atoms with Gasteiger partial charge in [-0.3, -0.25) is 4.68 Å². The Morgan fingerprint density at radius 3 is 2.74 bits per heavy atom. The molecule has 19 heavy (non-hydrogen) atoms. The maximum Gasteiger partial charge on any atom is 0.0837 e. The Balaban J connectivity index is 2.51. The molecule has 0 aliphatic heterocycles. The molecule has 1 N–H and O–H groups in total. The molecule has 104 valence electrons. The lowest BCUT2D eigenvalue weighted by Crippen LogP contribution is -2.25. The van der Waals surface area contributed by atoms with Crippen LogP contribution in [0.5, 0.6) is 0 Å². The van der Waals surface area contributed by atoms with Gasteiger partial charge >= 0.3 is 0 Å². The third-order valence-electron chi connectivity index (χ3n) is 2.81. The predicted octanol–water partition coefficient (Wildman–Crippen LogP) is 4.84. The van der Waals surface area contributed by atoms with Gasteiger partial charge in [-0.25, -0.2) is 0 Å². The number of hydrogen-bond donors (Lipinski definition) is 1. The van der Waals surface area contributed by atoms with Gasteiger partial charge in [0.2, 0.25) is 0 Å². The van der Waals surface area contributed by atoms with Crippen LogP contribution in [0.4, 0.5) is 0 Å². The monoisotopic (exact) mass is 425 g/mol. The largest absolute Gasteiger partial charge is 0.305 e. The van der Waals surface area contributed by atoms with Crippen molar-refractivity contribution in [1.29, 1.82) is 0 Å². The summed E-state index contributed by atoms with van der Waals surface area (Å²) in [6.45, 7) is 5.81.